The number of rotatable bonds is 5. The fourth-order valence-electron chi connectivity index (χ4n) is 2.65. The molecular weight excluding hydrogens is 386 g/mol. The number of carbonyl (C=O) groups is 4. The summed E-state index contributed by atoms with van der Waals surface area (Å²) in [6.45, 7) is -0.141. The van der Waals surface area contributed by atoms with E-state index in [-0.39, 0.29) is 25.1 Å². The maximum atomic E-state index is 12.5. The lowest BCUT2D eigenvalue weighted by atomic mass is 10.1. The maximum Gasteiger partial charge on any atom is 0.335 e. The number of benzene rings is 2. The van der Waals surface area contributed by atoms with Crippen LogP contribution in [0, 0.1) is 12.0 Å². The van der Waals surface area contributed by atoms with E-state index in [0.29, 0.717) is 0 Å². The Morgan fingerprint density at radius 2 is 1.73 bits per heavy atom. The molecule has 2 aromatic carbocycles. The van der Waals surface area contributed by atoms with Crippen molar-refractivity contribution in [2.75, 3.05) is 6.54 Å². The molecule has 0 fully saturated rings. The lowest BCUT2D eigenvalue weighted by Crippen LogP contribution is -2.47. The number of nitrogens with zero attached hydrogens (tertiary/aromatic N) is 2. The highest BCUT2D eigenvalue weighted by atomic mass is 16.4. The van der Waals surface area contributed by atoms with Gasteiger partial charge in [0.25, 0.3) is 17.7 Å². The average molecular weight is 403 g/mol. The summed E-state index contributed by atoms with van der Waals surface area (Å²) in [5.41, 5.74) is 1.25. The molecule has 2 aromatic rings. The molecule has 0 aliphatic carbocycles. The van der Waals surface area contributed by atoms with Gasteiger partial charge in [0.1, 0.15) is 6.54 Å². The molecule has 1 aliphatic rings. The molecule has 8 heteroatoms. The van der Waals surface area contributed by atoms with Gasteiger partial charge in [0.15, 0.2) is 5.71 Å². The third kappa shape index (κ3) is 5.17. The molecule has 3 amide bonds. The molecule has 0 unspecified atom stereocenters. The highest BCUT2D eigenvalue weighted by Crippen LogP contribution is 2.06. The zero-order valence-corrected chi connectivity index (χ0v) is 15.8. The summed E-state index contributed by atoms with van der Waals surface area (Å²) in [5, 5.41) is 11.5. The van der Waals surface area contributed by atoms with Gasteiger partial charge in [-0.25, -0.2) is 9.79 Å². The van der Waals surface area contributed by atoms with Gasteiger partial charge in [-0.05, 0) is 23.3 Å². The second-order valence-electron chi connectivity index (χ2n) is 6.38. The van der Waals surface area contributed by atoms with Gasteiger partial charge in [0, 0.05) is 19.0 Å². The van der Waals surface area contributed by atoms with Crippen molar-refractivity contribution in [2.24, 2.45) is 4.99 Å². The van der Waals surface area contributed by atoms with Crippen molar-refractivity contribution in [1.82, 2.24) is 10.2 Å². The van der Waals surface area contributed by atoms with Crippen LogP contribution >= 0.6 is 0 Å². The first-order valence-electron chi connectivity index (χ1n) is 9.00. The lowest BCUT2D eigenvalue weighted by Gasteiger charge is -2.19. The van der Waals surface area contributed by atoms with Crippen LogP contribution in [0.3, 0.4) is 0 Å². The number of hydrogen-bond donors (Lipinski definition) is 2. The van der Waals surface area contributed by atoms with E-state index in [0.717, 1.165) is 16.0 Å². The highest BCUT2D eigenvalue weighted by Gasteiger charge is 2.31. The zero-order valence-electron chi connectivity index (χ0n) is 15.8. The molecule has 8 nitrogen and oxygen atoms in total. The molecule has 0 saturated heterocycles. The van der Waals surface area contributed by atoms with Crippen LogP contribution in [-0.4, -0.2) is 46.0 Å². The van der Waals surface area contributed by atoms with Gasteiger partial charge in [-0.1, -0.05) is 48.4 Å². The lowest BCUT2D eigenvalue weighted by molar-refractivity contribution is -0.130. The predicted molar refractivity (Wildman–Crippen MR) is 107 cm³/mol. The molecule has 0 atom stereocenters. The van der Waals surface area contributed by atoms with Gasteiger partial charge in [-0.2, -0.15) is 0 Å². The second kappa shape index (κ2) is 9.30. The fourth-order valence-corrected chi connectivity index (χ4v) is 2.65. The highest BCUT2D eigenvalue weighted by molar-refractivity contribution is 6.66. The van der Waals surface area contributed by atoms with Gasteiger partial charge >= 0.3 is 5.97 Å². The van der Waals surface area contributed by atoms with Crippen molar-refractivity contribution in [2.45, 2.75) is 13.0 Å². The molecule has 150 valence electrons. The predicted octanol–water partition coefficient (Wildman–Crippen LogP) is 1.01. The molecule has 0 aromatic heterocycles. The first-order chi connectivity index (χ1) is 14.4. The minimum atomic E-state index is -1.03. The van der Waals surface area contributed by atoms with E-state index >= 15 is 0 Å². The molecule has 0 radical (unpaired) electrons. The molecule has 1 aliphatic heterocycles. The van der Waals surface area contributed by atoms with Crippen LogP contribution < -0.4 is 5.32 Å². The Hall–Kier alpha value is -4.25. The van der Waals surface area contributed by atoms with E-state index in [2.05, 4.69) is 22.3 Å². The van der Waals surface area contributed by atoms with Gasteiger partial charge in [0.2, 0.25) is 0 Å². The summed E-state index contributed by atoms with van der Waals surface area (Å²) in [6, 6.07) is 17.8. The first-order valence-corrected chi connectivity index (χ1v) is 9.00. The van der Waals surface area contributed by atoms with Crippen LogP contribution in [0.15, 0.2) is 59.6 Å². The zero-order chi connectivity index (χ0) is 21.5. The minimum absolute atomic E-state index is 0.158. The Morgan fingerprint density at radius 3 is 2.40 bits per heavy atom. The van der Waals surface area contributed by atoms with E-state index in [1.165, 1.54) is 12.1 Å². The normalized spacial score (nSPS) is 13.2. The summed E-state index contributed by atoms with van der Waals surface area (Å²) in [4.78, 5) is 52.1. The number of hydrogen-bond acceptors (Lipinski definition) is 4. The summed E-state index contributed by atoms with van der Waals surface area (Å²) in [5.74, 6) is -0.392. The fraction of sp³-hybridized carbons (Fsp3) is 0.136. The van der Waals surface area contributed by atoms with Crippen molar-refractivity contribution >= 4 is 29.4 Å². The molecular formula is C22H17N3O5. The van der Waals surface area contributed by atoms with Crippen LogP contribution in [0.4, 0.5) is 0 Å². The minimum Gasteiger partial charge on any atom is -0.478 e. The van der Waals surface area contributed by atoms with Gasteiger partial charge in [-0.3, -0.25) is 19.3 Å². The number of aromatic carboxylic acids is 1. The van der Waals surface area contributed by atoms with Gasteiger partial charge < -0.3 is 10.4 Å². The quantitative estimate of drug-likeness (QED) is 0.723. The molecule has 30 heavy (non-hydrogen) atoms. The summed E-state index contributed by atoms with van der Waals surface area (Å²) in [7, 11) is 0. The molecule has 0 spiro atoms. The first kappa shape index (κ1) is 20.5. The van der Waals surface area contributed by atoms with Crippen LogP contribution in [0.1, 0.15) is 21.5 Å². The molecule has 2 N–H and O–H groups in total. The monoisotopic (exact) mass is 403 g/mol. The Labute approximate surface area is 172 Å². The van der Waals surface area contributed by atoms with Crippen molar-refractivity contribution in [1.29, 1.82) is 0 Å². The topological polar surface area (TPSA) is 116 Å². The molecule has 0 bridgehead atoms. The third-order valence-electron chi connectivity index (χ3n) is 4.20. The molecule has 3 rings (SSSR count). The smallest absolute Gasteiger partial charge is 0.335 e. The molecule has 1 heterocycles. The largest absolute Gasteiger partial charge is 0.478 e. The third-order valence-corrected chi connectivity index (χ3v) is 4.20. The van der Waals surface area contributed by atoms with Crippen LogP contribution in [-0.2, 0) is 27.3 Å². The number of nitrogens with one attached hydrogen (secondary N) is 1. The van der Waals surface area contributed by atoms with Gasteiger partial charge in [-0.15, -0.1) is 0 Å². The summed E-state index contributed by atoms with van der Waals surface area (Å²) >= 11 is 0. The number of aliphatic imine (C=N–C) groups is 1. The Morgan fingerprint density at radius 1 is 1.03 bits per heavy atom. The number of carboxylic acid groups (broad SMARTS) is 1. The van der Waals surface area contributed by atoms with Crippen LogP contribution in [0.25, 0.3) is 0 Å². The van der Waals surface area contributed by atoms with Crippen LogP contribution in [0.2, 0.25) is 0 Å². The van der Waals surface area contributed by atoms with Crippen molar-refractivity contribution in [3.8, 4) is 12.0 Å². The van der Waals surface area contributed by atoms with E-state index in [1.807, 2.05) is 30.3 Å². The van der Waals surface area contributed by atoms with Crippen molar-refractivity contribution in [3.05, 3.63) is 71.3 Å². The van der Waals surface area contributed by atoms with E-state index in [4.69, 9.17) is 5.11 Å². The number of carboxylic acids is 1. The maximum absolute atomic E-state index is 12.5. The Balaban J connectivity index is 1.63. The van der Waals surface area contributed by atoms with E-state index in [1.54, 1.807) is 12.1 Å². The Kier molecular flexibility index (Phi) is 6.35. The van der Waals surface area contributed by atoms with Crippen molar-refractivity contribution < 1.29 is 24.3 Å². The standard InChI is InChI=1S/C22H17N3O5/c26-18-14-25(12-4-7-15-8-10-17(11-9-15)22(29)30)21(28)19(24-18)20(27)23-13-16-5-2-1-3-6-16/h1-3,5-6,8-11H,7,13-14H2,(H,23,27)(H,29,30). The summed E-state index contributed by atoms with van der Waals surface area (Å²) < 4.78 is 0. The second-order valence-corrected chi connectivity index (χ2v) is 6.38. The SMILES string of the molecule is O=C1CN(C#CCc2ccc(C(=O)O)cc2)C(=O)C(C(=O)NCc2ccccc2)=N1. The number of amides is 3. The number of carbonyl (C=O) groups excluding carboxylic acids is 3. The summed E-state index contributed by atoms with van der Waals surface area (Å²) in [6.07, 6.45) is 0.241. The van der Waals surface area contributed by atoms with Crippen LogP contribution in [0.5, 0.6) is 0 Å². The van der Waals surface area contributed by atoms with Gasteiger partial charge in [0.05, 0.1) is 5.56 Å². The Bertz CT molecular complexity index is 1080. The van der Waals surface area contributed by atoms with E-state index < -0.39 is 29.4 Å². The van der Waals surface area contributed by atoms with E-state index in [9.17, 15) is 19.2 Å². The van der Waals surface area contributed by atoms with Crippen molar-refractivity contribution in [3.63, 3.8) is 0 Å². The average Bonchev–Trinajstić information content (AvgIpc) is 2.75. The molecule has 0 saturated carbocycles.